The molecule has 3 aromatic rings. The van der Waals surface area contributed by atoms with E-state index in [9.17, 15) is 13.2 Å². The first-order valence-corrected chi connectivity index (χ1v) is 10.9. The fourth-order valence-electron chi connectivity index (χ4n) is 2.51. The van der Waals surface area contributed by atoms with Gasteiger partial charge in [-0.25, -0.2) is 8.42 Å². The number of carbonyl (C=O) groups excluding carboxylic acids is 1. The number of thiophene rings is 1. The summed E-state index contributed by atoms with van der Waals surface area (Å²) in [7, 11) is -2.11. The molecule has 3 rings (SSSR count). The van der Waals surface area contributed by atoms with Gasteiger partial charge in [0, 0.05) is 18.3 Å². The van der Waals surface area contributed by atoms with Gasteiger partial charge in [-0.05, 0) is 66.9 Å². The van der Waals surface area contributed by atoms with Gasteiger partial charge >= 0.3 is 0 Å². The quantitative estimate of drug-likeness (QED) is 0.626. The van der Waals surface area contributed by atoms with Crippen molar-refractivity contribution in [3.05, 3.63) is 71.6 Å². The van der Waals surface area contributed by atoms with Gasteiger partial charge in [0.2, 0.25) is 0 Å². The summed E-state index contributed by atoms with van der Waals surface area (Å²) in [4.78, 5) is 12.4. The zero-order valence-electron chi connectivity index (χ0n) is 15.5. The van der Waals surface area contributed by atoms with Crippen LogP contribution in [-0.2, 0) is 10.0 Å². The summed E-state index contributed by atoms with van der Waals surface area (Å²) < 4.78 is 32.0. The molecule has 0 saturated carbocycles. The van der Waals surface area contributed by atoms with Gasteiger partial charge in [0.1, 0.15) is 9.96 Å². The minimum atomic E-state index is -3.60. The van der Waals surface area contributed by atoms with Crippen molar-refractivity contribution in [2.45, 2.75) is 11.1 Å². The Morgan fingerprint density at radius 1 is 1.07 bits per heavy atom. The van der Waals surface area contributed by atoms with Crippen LogP contribution in [0.1, 0.15) is 17.3 Å². The third-order valence-corrected chi connectivity index (χ3v) is 7.18. The molecular weight excluding hydrogens is 396 g/mol. The van der Waals surface area contributed by atoms with Crippen LogP contribution in [0.3, 0.4) is 0 Å². The van der Waals surface area contributed by atoms with Crippen LogP contribution in [-0.4, -0.2) is 28.0 Å². The van der Waals surface area contributed by atoms with E-state index in [1.165, 1.54) is 11.4 Å². The van der Waals surface area contributed by atoms with Crippen molar-refractivity contribution in [3.63, 3.8) is 0 Å². The molecule has 0 unspecified atom stereocenters. The zero-order valence-corrected chi connectivity index (χ0v) is 17.1. The van der Waals surface area contributed by atoms with Crippen LogP contribution in [0.15, 0.2) is 70.3 Å². The smallest absolute Gasteiger partial charge is 0.273 e. The van der Waals surface area contributed by atoms with Gasteiger partial charge in [-0.1, -0.05) is 6.07 Å². The number of hydrogen-bond acceptors (Lipinski definition) is 5. The van der Waals surface area contributed by atoms with Crippen molar-refractivity contribution in [1.29, 1.82) is 0 Å². The second kappa shape index (κ2) is 8.45. The number of sulfonamides is 1. The number of nitrogens with zero attached hydrogens (tertiary/aromatic N) is 1. The molecule has 0 atom stereocenters. The topological polar surface area (TPSA) is 75.7 Å². The van der Waals surface area contributed by atoms with Crippen LogP contribution in [0.2, 0.25) is 0 Å². The van der Waals surface area contributed by atoms with Crippen LogP contribution in [0.5, 0.6) is 5.75 Å². The predicted molar refractivity (Wildman–Crippen MR) is 112 cm³/mol. The van der Waals surface area contributed by atoms with Crippen molar-refractivity contribution >= 4 is 38.6 Å². The molecule has 0 aliphatic heterocycles. The normalized spacial score (nSPS) is 11.1. The van der Waals surface area contributed by atoms with Crippen molar-refractivity contribution in [2.24, 2.45) is 0 Å². The lowest BCUT2D eigenvalue weighted by molar-refractivity contribution is 0.102. The molecule has 1 N–H and O–H groups in total. The summed E-state index contributed by atoms with van der Waals surface area (Å²) in [5.41, 5.74) is 1.56. The van der Waals surface area contributed by atoms with Crippen LogP contribution >= 0.6 is 11.3 Å². The molecule has 0 fully saturated rings. The van der Waals surface area contributed by atoms with E-state index in [1.54, 1.807) is 66.0 Å². The molecule has 1 aromatic heterocycles. The van der Waals surface area contributed by atoms with Crippen molar-refractivity contribution in [3.8, 4) is 5.75 Å². The van der Waals surface area contributed by atoms with E-state index in [2.05, 4.69) is 5.32 Å². The van der Waals surface area contributed by atoms with Crippen LogP contribution in [0, 0.1) is 0 Å². The Bertz CT molecular complexity index is 1030. The molecule has 28 heavy (non-hydrogen) atoms. The third-order valence-electron chi connectivity index (χ3n) is 4.03. The van der Waals surface area contributed by atoms with Gasteiger partial charge in [-0.15, -0.1) is 11.3 Å². The largest absolute Gasteiger partial charge is 0.494 e. The standard InChI is InChI=1S/C20H20N2O4S2/c1-3-26-18-12-8-16(9-13-18)21-20(23)15-6-10-17(11-7-15)22(2)28(24,25)19-5-4-14-27-19/h4-14H,3H2,1-2H3,(H,21,23). The summed E-state index contributed by atoms with van der Waals surface area (Å²) in [5.74, 6) is 0.458. The Balaban J connectivity index is 1.70. The van der Waals surface area contributed by atoms with E-state index >= 15 is 0 Å². The van der Waals surface area contributed by atoms with Gasteiger partial charge in [0.15, 0.2) is 0 Å². The van der Waals surface area contributed by atoms with E-state index in [0.717, 1.165) is 17.1 Å². The first-order chi connectivity index (χ1) is 13.4. The number of anilines is 2. The van der Waals surface area contributed by atoms with Gasteiger partial charge < -0.3 is 10.1 Å². The van der Waals surface area contributed by atoms with Gasteiger partial charge in [-0.2, -0.15) is 0 Å². The molecular formula is C20H20N2O4S2. The Labute approximate surface area is 168 Å². The summed E-state index contributed by atoms with van der Waals surface area (Å²) in [5, 5.41) is 4.52. The molecule has 8 heteroatoms. The van der Waals surface area contributed by atoms with E-state index in [1.807, 2.05) is 6.92 Å². The number of hydrogen-bond donors (Lipinski definition) is 1. The maximum Gasteiger partial charge on any atom is 0.273 e. The van der Waals surface area contributed by atoms with E-state index < -0.39 is 10.0 Å². The molecule has 1 heterocycles. The average Bonchev–Trinajstić information content (AvgIpc) is 3.25. The fraction of sp³-hybridized carbons (Fsp3) is 0.150. The summed E-state index contributed by atoms with van der Waals surface area (Å²) in [6.07, 6.45) is 0. The number of ether oxygens (including phenoxy) is 1. The average molecular weight is 417 g/mol. The number of nitrogens with one attached hydrogen (secondary N) is 1. The van der Waals surface area contributed by atoms with Crippen molar-refractivity contribution in [1.82, 2.24) is 0 Å². The number of benzene rings is 2. The summed E-state index contributed by atoms with van der Waals surface area (Å²) in [6.45, 7) is 2.48. The Hall–Kier alpha value is -2.84. The summed E-state index contributed by atoms with van der Waals surface area (Å²) >= 11 is 1.16. The molecule has 0 bridgehead atoms. The Morgan fingerprint density at radius 3 is 2.32 bits per heavy atom. The maximum atomic E-state index is 12.6. The molecule has 0 saturated heterocycles. The minimum absolute atomic E-state index is 0.271. The first kappa shape index (κ1) is 19.9. The molecule has 0 aliphatic rings. The second-order valence-corrected chi connectivity index (χ2v) is 9.01. The molecule has 0 aliphatic carbocycles. The molecule has 0 spiro atoms. The second-order valence-electron chi connectivity index (χ2n) is 5.86. The molecule has 1 amide bonds. The highest BCUT2D eigenvalue weighted by Crippen LogP contribution is 2.25. The first-order valence-electron chi connectivity index (χ1n) is 8.58. The molecule has 146 valence electrons. The van der Waals surface area contributed by atoms with E-state index in [4.69, 9.17) is 4.74 Å². The lowest BCUT2D eigenvalue weighted by atomic mass is 10.2. The molecule has 0 radical (unpaired) electrons. The number of amides is 1. The zero-order chi connectivity index (χ0) is 20.1. The molecule has 6 nitrogen and oxygen atoms in total. The lowest BCUT2D eigenvalue weighted by Gasteiger charge is -2.18. The van der Waals surface area contributed by atoms with Gasteiger partial charge in [-0.3, -0.25) is 9.10 Å². The van der Waals surface area contributed by atoms with Gasteiger partial charge in [0.05, 0.1) is 12.3 Å². The van der Waals surface area contributed by atoms with Crippen LogP contribution in [0.4, 0.5) is 11.4 Å². The van der Waals surface area contributed by atoms with Gasteiger partial charge in [0.25, 0.3) is 15.9 Å². The highest BCUT2D eigenvalue weighted by molar-refractivity contribution is 7.94. The Morgan fingerprint density at radius 2 is 1.75 bits per heavy atom. The van der Waals surface area contributed by atoms with Crippen molar-refractivity contribution < 1.29 is 17.9 Å². The van der Waals surface area contributed by atoms with E-state index in [-0.39, 0.29) is 10.1 Å². The monoisotopic (exact) mass is 416 g/mol. The highest BCUT2D eigenvalue weighted by Gasteiger charge is 2.22. The highest BCUT2D eigenvalue weighted by atomic mass is 32.2. The SMILES string of the molecule is CCOc1ccc(NC(=O)c2ccc(N(C)S(=O)(=O)c3cccs3)cc2)cc1. The maximum absolute atomic E-state index is 12.6. The number of rotatable bonds is 7. The molecule has 2 aromatic carbocycles. The van der Waals surface area contributed by atoms with Crippen molar-refractivity contribution in [2.75, 3.05) is 23.3 Å². The fourth-order valence-corrected chi connectivity index (χ4v) is 4.87. The van der Waals surface area contributed by atoms with Crippen LogP contribution in [0.25, 0.3) is 0 Å². The predicted octanol–water partition coefficient (Wildman–Crippen LogP) is 4.22. The Kier molecular flexibility index (Phi) is 6.01. The minimum Gasteiger partial charge on any atom is -0.494 e. The van der Waals surface area contributed by atoms with Crippen LogP contribution < -0.4 is 14.4 Å². The van der Waals surface area contributed by atoms with E-state index in [0.29, 0.717) is 23.5 Å². The lowest BCUT2D eigenvalue weighted by Crippen LogP contribution is -2.25. The summed E-state index contributed by atoms with van der Waals surface area (Å²) in [6, 6.07) is 16.8. The number of carbonyl (C=O) groups is 1. The third kappa shape index (κ3) is 4.35.